The van der Waals surface area contributed by atoms with E-state index < -0.39 is 12.0 Å². The van der Waals surface area contributed by atoms with Gasteiger partial charge in [-0.2, -0.15) is 0 Å². The van der Waals surface area contributed by atoms with Gasteiger partial charge in [0.1, 0.15) is 6.04 Å². The summed E-state index contributed by atoms with van der Waals surface area (Å²) in [5, 5.41) is 12.1. The van der Waals surface area contributed by atoms with Crippen LogP contribution in [0.4, 0.5) is 5.69 Å². The Morgan fingerprint density at radius 3 is 2.75 bits per heavy atom. The molecular formula is C10H11BrClNO3. The Hall–Kier alpha value is -0.940. The minimum absolute atomic E-state index is 0.493. The zero-order valence-electron chi connectivity index (χ0n) is 8.75. The van der Waals surface area contributed by atoms with E-state index in [1.807, 2.05) is 0 Å². The standard InChI is InChI=1S/C10H11BrClNO3/c1-5(10(14)15)13-8-4-6(12)3-7(11)9(8)16-2/h3-5,13H,1-2H3,(H,14,15). The van der Waals surface area contributed by atoms with Crippen molar-refractivity contribution in [2.45, 2.75) is 13.0 Å². The summed E-state index contributed by atoms with van der Waals surface area (Å²) in [4.78, 5) is 10.7. The van der Waals surface area contributed by atoms with Gasteiger partial charge in [0.25, 0.3) is 0 Å². The zero-order chi connectivity index (χ0) is 12.3. The van der Waals surface area contributed by atoms with E-state index in [0.29, 0.717) is 20.9 Å². The van der Waals surface area contributed by atoms with Crippen molar-refractivity contribution in [3.8, 4) is 5.75 Å². The lowest BCUT2D eigenvalue weighted by Crippen LogP contribution is -2.25. The fraction of sp³-hybridized carbons (Fsp3) is 0.300. The van der Waals surface area contributed by atoms with Gasteiger partial charge in [0, 0.05) is 5.02 Å². The van der Waals surface area contributed by atoms with E-state index in [1.165, 1.54) is 14.0 Å². The van der Waals surface area contributed by atoms with Gasteiger partial charge in [0.2, 0.25) is 0 Å². The van der Waals surface area contributed by atoms with Crippen LogP contribution in [0, 0.1) is 0 Å². The summed E-state index contributed by atoms with van der Waals surface area (Å²) in [6, 6.07) is 2.57. The summed E-state index contributed by atoms with van der Waals surface area (Å²) in [6.45, 7) is 1.54. The second-order valence-corrected chi connectivity index (χ2v) is 4.46. The number of rotatable bonds is 4. The Labute approximate surface area is 107 Å². The molecule has 0 fully saturated rings. The lowest BCUT2D eigenvalue weighted by atomic mass is 10.2. The number of carboxylic acids is 1. The van der Waals surface area contributed by atoms with Gasteiger partial charge >= 0.3 is 5.97 Å². The second-order valence-electron chi connectivity index (χ2n) is 3.17. The SMILES string of the molecule is COc1c(Br)cc(Cl)cc1NC(C)C(=O)O. The highest BCUT2D eigenvalue weighted by atomic mass is 79.9. The van der Waals surface area contributed by atoms with Crippen LogP contribution in [0.15, 0.2) is 16.6 Å². The first-order valence-electron chi connectivity index (χ1n) is 4.48. The molecule has 1 rings (SSSR count). The maximum atomic E-state index is 10.7. The number of halogens is 2. The molecule has 0 aliphatic carbocycles. The number of ether oxygens (including phenoxy) is 1. The topological polar surface area (TPSA) is 58.6 Å². The first-order valence-corrected chi connectivity index (χ1v) is 5.65. The van der Waals surface area contributed by atoms with Crippen LogP contribution in [-0.2, 0) is 4.79 Å². The smallest absolute Gasteiger partial charge is 0.325 e. The van der Waals surface area contributed by atoms with E-state index in [-0.39, 0.29) is 0 Å². The van der Waals surface area contributed by atoms with Crippen molar-refractivity contribution in [1.29, 1.82) is 0 Å². The van der Waals surface area contributed by atoms with Crippen molar-refractivity contribution in [3.05, 3.63) is 21.6 Å². The summed E-state index contributed by atoms with van der Waals surface area (Å²) in [5.74, 6) is -0.421. The normalized spacial score (nSPS) is 12.0. The highest BCUT2D eigenvalue weighted by Gasteiger charge is 2.15. The highest BCUT2D eigenvalue weighted by molar-refractivity contribution is 9.10. The van der Waals surface area contributed by atoms with Gasteiger partial charge in [-0.05, 0) is 35.0 Å². The summed E-state index contributed by atoms with van der Waals surface area (Å²) < 4.78 is 5.82. The van der Waals surface area contributed by atoms with Gasteiger partial charge in [-0.25, -0.2) is 0 Å². The van der Waals surface area contributed by atoms with Gasteiger partial charge in [0.15, 0.2) is 5.75 Å². The summed E-state index contributed by atoms with van der Waals surface area (Å²) in [5.41, 5.74) is 0.539. The van der Waals surface area contributed by atoms with E-state index in [9.17, 15) is 4.79 Å². The Balaban J connectivity index is 3.07. The Bertz CT molecular complexity index is 411. The Morgan fingerprint density at radius 1 is 1.62 bits per heavy atom. The number of aliphatic carboxylic acids is 1. The molecule has 0 heterocycles. The lowest BCUT2D eigenvalue weighted by Gasteiger charge is -2.15. The van der Waals surface area contributed by atoms with Crippen molar-refractivity contribution in [1.82, 2.24) is 0 Å². The lowest BCUT2D eigenvalue weighted by molar-refractivity contribution is -0.137. The maximum absolute atomic E-state index is 10.7. The van der Waals surface area contributed by atoms with Crippen molar-refractivity contribution in [3.63, 3.8) is 0 Å². The van der Waals surface area contributed by atoms with Crippen LogP contribution < -0.4 is 10.1 Å². The van der Waals surface area contributed by atoms with Crippen LogP contribution in [-0.4, -0.2) is 24.2 Å². The van der Waals surface area contributed by atoms with Gasteiger partial charge in [-0.3, -0.25) is 4.79 Å². The summed E-state index contributed by atoms with van der Waals surface area (Å²) in [6.07, 6.45) is 0. The second kappa shape index (κ2) is 5.41. The van der Waals surface area contributed by atoms with Crippen molar-refractivity contribution < 1.29 is 14.6 Å². The predicted molar refractivity (Wildman–Crippen MR) is 66.4 cm³/mol. The maximum Gasteiger partial charge on any atom is 0.325 e. The number of nitrogens with one attached hydrogen (secondary N) is 1. The van der Waals surface area contributed by atoms with Crippen LogP contribution in [0.3, 0.4) is 0 Å². The van der Waals surface area contributed by atoms with Crippen molar-refractivity contribution in [2.24, 2.45) is 0 Å². The third-order valence-electron chi connectivity index (χ3n) is 1.95. The number of carbonyl (C=O) groups is 1. The molecule has 6 heteroatoms. The van der Waals surface area contributed by atoms with Gasteiger partial charge in [-0.15, -0.1) is 0 Å². The van der Waals surface area contributed by atoms with Gasteiger partial charge < -0.3 is 15.2 Å². The van der Waals surface area contributed by atoms with E-state index in [1.54, 1.807) is 12.1 Å². The van der Waals surface area contributed by atoms with E-state index >= 15 is 0 Å². The summed E-state index contributed by atoms with van der Waals surface area (Å²) >= 11 is 9.16. The average molecular weight is 309 g/mol. The summed E-state index contributed by atoms with van der Waals surface area (Å²) in [7, 11) is 1.50. The molecular weight excluding hydrogens is 297 g/mol. The minimum atomic E-state index is -0.946. The molecule has 0 radical (unpaired) electrons. The zero-order valence-corrected chi connectivity index (χ0v) is 11.1. The molecule has 0 aromatic heterocycles. The highest BCUT2D eigenvalue weighted by Crippen LogP contribution is 2.36. The molecule has 1 atom stereocenters. The largest absolute Gasteiger partial charge is 0.493 e. The van der Waals surface area contributed by atoms with Crippen LogP contribution in [0.2, 0.25) is 5.02 Å². The third-order valence-corrected chi connectivity index (χ3v) is 2.76. The molecule has 0 saturated carbocycles. The van der Waals surface area contributed by atoms with Crippen molar-refractivity contribution in [2.75, 3.05) is 12.4 Å². The molecule has 16 heavy (non-hydrogen) atoms. The molecule has 0 bridgehead atoms. The third kappa shape index (κ3) is 3.02. The molecule has 0 spiro atoms. The van der Waals surface area contributed by atoms with Crippen LogP contribution >= 0.6 is 27.5 Å². The molecule has 1 unspecified atom stereocenters. The monoisotopic (exact) mass is 307 g/mol. The number of hydrogen-bond acceptors (Lipinski definition) is 3. The first kappa shape index (κ1) is 13.1. The van der Waals surface area contributed by atoms with E-state index in [0.717, 1.165) is 0 Å². The molecule has 88 valence electrons. The van der Waals surface area contributed by atoms with Gasteiger partial charge in [-0.1, -0.05) is 11.6 Å². The van der Waals surface area contributed by atoms with E-state index in [2.05, 4.69) is 21.2 Å². The van der Waals surface area contributed by atoms with Gasteiger partial charge in [0.05, 0.1) is 17.3 Å². The molecule has 2 N–H and O–H groups in total. The molecule has 0 aliphatic rings. The van der Waals surface area contributed by atoms with Crippen LogP contribution in [0.1, 0.15) is 6.92 Å². The van der Waals surface area contributed by atoms with E-state index in [4.69, 9.17) is 21.4 Å². The number of methoxy groups -OCH3 is 1. The number of anilines is 1. The quantitative estimate of drug-likeness (QED) is 0.898. The average Bonchev–Trinajstić information content (AvgIpc) is 2.16. The molecule has 0 saturated heterocycles. The Kier molecular flexibility index (Phi) is 4.44. The number of hydrogen-bond donors (Lipinski definition) is 2. The number of benzene rings is 1. The van der Waals surface area contributed by atoms with Crippen LogP contribution in [0.25, 0.3) is 0 Å². The Morgan fingerprint density at radius 2 is 2.25 bits per heavy atom. The minimum Gasteiger partial charge on any atom is -0.493 e. The molecule has 4 nitrogen and oxygen atoms in total. The molecule has 0 amide bonds. The molecule has 1 aromatic rings. The fourth-order valence-electron chi connectivity index (χ4n) is 1.17. The first-order chi connectivity index (χ1) is 7.45. The van der Waals surface area contributed by atoms with Crippen molar-refractivity contribution >= 4 is 39.2 Å². The fourth-order valence-corrected chi connectivity index (χ4v) is 2.14. The molecule has 1 aromatic carbocycles. The number of carboxylic acid groups (broad SMARTS) is 1. The van der Waals surface area contributed by atoms with Crippen LogP contribution in [0.5, 0.6) is 5.75 Å². The molecule has 0 aliphatic heterocycles. The predicted octanol–water partition coefficient (Wildman–Crippen LogP) is 3.00.